The van der Waals surface area contributed by atoms with Crippen LogP contribution >= 0.6 is 0 Å². The van der Waals surface area contributed by atoms with Crippen LogP contribution in [0.15, 0.2) is 36.4 Å². The van der Waals surface area contributed by atoms with E-state index in [0.717, 1.165) is 17.7 Å². The van der Waals surface area contributed by atoms with Crippen molar-refractivity contribution in [3.63, 3.8) is 0 Å². The van der Waals surface area contributed by atoms with Gasteiger partial charge in [0.05, 0.1) is 6.04 Å². The molecule has 0 aromatic heterocycles. The molecule has 106 valence electrons. The maximum atomic E-state index is 13.8. The molecule has 2 nitrogen and oxygen atoms in total. The van der Waals surface area contributed by atoms with Gasteiger partial charge in [-0.25, -0.2) is 13.2 Å². The minimum absolute atomic E-state index is 0.258. The monoisotopic (exact) mass is 280 g/mol. The predicted molar refractivity (Wildman–Crippen MR) is 71.3 cm³/mol. The number of hydrogen-bond acceptors (Lipinski definition) is 2. The van der Waals surface area contributed by atoms with E-state index in [9.17, 15) is 13.2 Å². The molecule has 0 saturated carbocycles. The van der Waals surface area contributed by atoms with E-state index in [1.54, 1.807) is 12.1 Å². The van der Waals surface area contributed by atoms with Crippen molar-refractivity contribution < 1.29 is 13.2 Å². The summed E-state index contributed by atoms with van der Waals surface area (Å²) in [5.74, 6) is 3.23. The van der Waals surface area contributed by atoms with Gasteiger partial charge in [-0.2, -0.15) is 0 Å². The molecule has 0 aliphatic heterocycles. The Morgan fingerprint density at radius 2 is 1.70 bits per heavy atom. The fraction of sp³-hybridized carbons (Fsp3) is 0.200. The topological polar surface area (TPSA) is 38.0 Å². The Kier molecular flexibility index (Phi) is 4.42. The van der Waals surface area contributed by atoms with Crippen molar-refractivity contribution in [3.8, 4) is 0 Å². The zero-order valence-electron chi connectivity index (χ0n) is 11.0. The van der Waals surface area contributed by atoms with Crippen LogP contribution in [0, 0.1) is 24.4 Å². The predicted octanol–water partition coefficient (Wildman–Crippen LogP) is 3.16. The van der Waals surface area contributed by atoms with E-state index >= 15 is 0 Å². The van der Waals surface area contributed by atoms with Crippen molar-refractivity contribution in [2.75, 3.05) is 0 Å². The zero-order valence-corrected chi connectivity index (χ0v) is 11.0. The first-order chi connectivity index (χ1) is 9.51. The first kappa shape index (κ1) is 14.6. The molecule has 1 atom stereocenters. The quantitative estimate of drug-likeness (QED) is 0.667. The van der Waals surface area contributed by atoms with E-state index in [1.165, 1.54) is 12.1 Å². The van der Waals surface area contributed by atoms with Gasteiger partial charge in [0, 0.05) is 5.56 Å². The number of halogens is 3. The minimum atomic E-state index is -0.928. The second-order valence-electron chi connectivity index (χ2n) is 4.70. The third-order valence-electron chi connectivity index (χ3n) is 3.15. The molecule has 0 bridgehead atoms. The molecule has 20 heavy (non-hydrogen) atoms. The van der Waals surface area contributed by atoms with Crippen molar-refractivity contribution in [1.82, 2.24) is 5.43 Å². The van der Waals surface area contributed by atoms with Gasteiger partial charge in [-0.3, -0.25) is 11.3 Å². The fourth-order valence-electron chi connectivity index (χ4n) is 2.09. The lowest BCUT2D eigenvalue weighted by Crippen LogP contribution is -2.30. The standard InChI is InChI=1S/C15H15F3N2/c1-9-2-4-12(16)11(6-9)15(20-19)8-10-3-5-13(17)14(18)7-10/h2-7,15,20H,8,19H2,1H3. The molecule has 1 unspecified atom stereocenters. The molecule has 0 amide bonds. The van der Waals surface area contributed by atoms with Crippen LogP contribution < -0.4 is 11.3 Å². The van der Waals surface area contributed by atoms with Gasteiger partial charge in [0.15, 0.2) is 11.6 Å². The Bertz CT molecular complexity index is 614. The summed E-state index contributed by atoms with van der Waals surface area (Å²) in [6.07, 6.45) is 0.258. The summed E-state index contributed by atoms with van der Waals surface area (Å²) in [7, 11) is 0. The van der Waals surface area contributed by atoms with Gasteiger partial charge < -0.3 is 0 Å². The fourth-order valence-corrected chi connectivity index (χ4v) is 2.09. The Morgan fingerprint density at radius 1 is 1.00 bits per heavy atom. The lowest BCUT2D eigenvalue weighted by Gasteiger charge is -2.18. The van der Waals surface area contributed by atoms with Crippen LogP contribution in [0.4, 0.5) is 13.2 Å². The highest BCUT2D eigenvalue weighted by atomic mass is 19.2. The van der Waals surface area contributed by atoms with Crippen molar-refractivity contribution in [1.29, 1.82) is 0 Å². The van der Waals surface area contributed by atoms with Crippen molar-refractivity contribution in [3.05, 3.63) is 70.5 Å². The highest BCUT2D eigenvalue weighted by Gasteiger charge is 2.16. The number of benzene rings is 2. The summed E-state index contributed by atoms with van der Waals surface area (Å²) in [5, 5.41) is 0. The highest BCUT2D eigenvalue weighted by molar-refractivity contribution is 5.29. The molecule has 0 saturated heterocycles. The second-order valence-corrected chi connectivity index (χ2v) is 4.70. The number of hydrazine groups is 1. The van der Waals surface area contributed by atoms with Crippen LogP contribution in [-0.2, 0) is 6.42 Å². The first-order valence-electron chi connectivity index (χ1n) is 6.17. The van der Waals surface area contributed by atoms with E-state index in [-0.39, 0.29) is 12.2 Å². The van der Waals surface area contributed by atoms with Gasteiger partial charge in [0.1, 0.15) is 5.82 Å². The van der Waals surface area contributed by atoms with E-state index < -0.39 is 17.7 Å². The lowest BCUT2D eigenvalue weighted by molar-refractivity contribution is 0.495. The smallest absolute Gasteiger partial charge is 0.159 e. The molecule has 2 rings (SSSR count). The summed E-state index contributed by atoms with van der Waals surface area (Å²) < 4.78 is 39.9. The van der Waals surface area contributed by atoms with Gasteiger partial charge in [-0.15, -0.1) is 0 Å². The number of nitrogens with two attached hydrogens (primary N) is 1. The first-order valence-corrected chi connectivity index (χ1v) is 6.17. The molecule has 2 aromatic rings. The molecule has 3 N–H and O–H groups in total. The zero-order chi connectivity index (χ0) is 14.7. The molecule has 0 aliphatic carbocycles. The Morgan fingerprint density at radius 3 is 2.35 bits per heavy atom. The average Bonchev–Trinajstić information content (AvgIpc) is 2.43. The lowest BCUT2D eigenvalue weighted by atomic mass is 9.97. The van der Waals surface area contributed by atoms with Crippen LogP contribution in [0.2, 0.25) is 0 Å². The normalized spacial score (nSPS) is 12.4. The number of rotatable bonds is 4. The minimum Gasteiger partial charge on any atom is -0.271 e. The summed E-state index contributed by atoms with van der Waals surface area (Å²) >= 11 is 0. The van der Waals surface area contributed by atoms with Gasteiger partial charge >= 0.3 is 0 Å². The molecular weight excluding hydrogens is 265 g/mol. The SMILES string of the molecule is Cc1ccc(F)c(C(Cc2ccc(F)c(F)c2)NN)c1. The van der Waals surface area contributed by atoms with Crippen LogP contribution in [0.5, 0.6) is 0 Å². The number of hydrogen-bond donors (Lipinski definition) is 2. The van der Waals surface area contributed by atoms with Crippen molar-refractivity contribution >= 4 is 0 Å². The van der Waals surface area contributed by atoms with E-state index in [1.807, 2.05) is 6.92 Å². The van der Waals surface area contributed by atoms with Crippen LogP contribution in [0.25, 0.3) is 0 Å². The largest absolute Gasteiger partial charge is 0.271 e. The summed E-state index contributed by atoms with van der Waals surface area (Å²) in [4.78, 5) is 0. The third kappa shape index (κ3) is 3.18. The summed E-state index contributed by atoms with van der Waals surface area (Å²) in [6, 6.07) is 7.78. The molecule has 0 heterocycles. The third-order valence-corrected chi connectivity index (χ3v) is 3.15. The Labute approximate surface area is 115 Å². The summed E-state index contributed by atoms with van der Waals surface area (Å²) in [6.45, 7) is 1.84. The Balaban J connectivity index is 2.28. The van der Waals surface area contributed by atoms with Crippen molar-refractivity contribution in [2.45, 2.75) is 19.4 Å². The van der Waals surface area contributed by atoms with E-state index in [2.05, 4.69) is 5.43 Å². The maximum Gasteiger partial charge on any atom is 0.159 e. The van der Waals surface area contributed by atoms with Crippen LogP contribution in [-0.4, -0.2) is 0 Å². The average molecular weight is 280 g/mol. The van der Waals surface area contributed by atoms with Crippen LogP contribution in [0.1, 0.15) is 22.7 Å². The molecule has 5 heteroatoms. The number of nitrogens with one attached hydrogen (secondary N) is 1. The molecular formula is C15H15F3N2. The van der Waals surface area contributed by atoms with E-state index in [0.29, 0.717) is 11.1 Å². The molecule has 0 fully saturated rings. The van der Waals surface area contributed by atoms with Gasteiger partial charge in [-0.05, 0) is 37.1 Å². The summed E-state index contributed by atoms with van der Waals surface area (Å²) in [5.41, 5.74) is 4.34. The molecule has 0 aliphatic rings. The molecule has 0 radical (unpaired) electrons. The van der Waals surface area contributed by atoms with Crippen molar-refractivity contribution in [2.24, 2.45) is 5.84 Å². The van der Waals surface area contributed by atoms with E-state index in [4.69, 9.17) is 5.84 Å². The van der Waals surface area contributed by atoms with Gasteiger partial charge in [0.25, 0.3) is 0 Å². The highest BCUT2D eigenvalue weighted by Crippen LogP contribution is 2.22. The van der Waals surface area contributed by atoms with Gasteiger partial charge in [-0.1, -0.05) is 23.8 Å². The maximum absolute atomic E-state index is 13.8. The molecule has 0 spiro atoms. The Hall–Kier alpha value is -1.85. The molecule has 2 aromatic carbocycles. The van der Waals surface area contributed by atoms with Gasteiger partial charge in [0.2, 0.25) is 0 Å². The number of aryl methyl sites for hydroxylation is 1. The van der Waals surface area contributed by atoms with Crippen LogP contribution in [0.3, 0.4) is 0 Å². The second kappa shape index (κ2) is 6.07.